The lowest BCUT2D eigenvalue weighted by Crippen LogP contribution is -2.31. The van der Waals surface area contributed by atoms with Gasteiger partial charge in [0.05, 0.1) is 6.54 Å². The predicted molar refractivity (Wildman–Crippen MR) is 113 cm³/mol. The summed E-state index contributed by atoms with van der Waals surface area (Å²) in [5.74, 6) is 0.0212. The molecule has 5 nitrogen and oxygen atoms in total. The normalized spacial score (nSPS) is 17.7. The van der Waals surface area contributed by atoms with Gasteiger partial charge in [-0.2, -0.15) is 0 Å². The van der Waals surface area contributed by atoms with Crippen molar-refractivity contribution in [3.05, 3.63) is 64.7 Å². The minimum Gasteiger partial charge on any atom is -0.485 e. The van der Waals surface area contributed by atoms with Crippen molar-refractivity contribution in [3.8, 4) is 5.75 Å². The molecule has 7 heteroatoms. The van der Waals surface area contributed by atoms with E-state index in [4.69, 9.17) is 16.3 Å². The lowest BCUT2D eigenvalue weighted by Gasteiger charge is -2.18. The number of pyridine rings is 1. The average molecular weight is 418 g/mol. The number of carbonyl (C=O) groups excluding carboxylic acids is 1. The summed E-state index contributed by atoms with van der Waals surface area (Å²) in [4.78, 5) is 18.5. The van der Waals surface area contributed by atoms with Crippen LogP contribution in [0.15, 0.2) is 42.6 Å². The van der Waals surface area contributed by atoms with Crippen LogP contribution in [0.1, 0.15) is 35.7 Å². The molecule has 0 unspecified atom stereocenters. The van der Waals surface area contributed by atoms with E-state index in [0.29, 0.717) is 42.0 Å². The van der Waals surface area contributed by atoms with E-state index in [9.17, 15) is 9.18 Å². The van der Waals surface area contributed by atoms with E-state index in [0.717, 1.165) is 12.0 Å². The molecule has 1 amide bonds. The van der Waals surface area contributed by atoms with Crippen molar-refractivity contribution in [1.82, 2.24) is 15.2 Å². The Kier molecular flexibility index (Phi) is 7.23. The lowest BCUT2D eigenvalue weighted by molar-refractivity contribution is 0.0772. The highest BCUT2D eigenvalue weighted by atomic mass is 35.5. The van der Waals surface area contributed by atoms with Gasteiger partial charge in [0.25, 0.3) is 5.91 Å². The van der Waals surface area contributed by atoms with Crippen molar-refractivity contribution < 1.29 is 13.9 Å². The number of hydrogen-bond donors (Lipinski definition) is 1. The maximum Gasteiger partial charge on any atom is 0.253 e. The average Bonchev–Trinajstić information content (AvgIpc) is 3.18. The van der Waals surface area contributed by atoms with Crippen molar-refractivity contribution >= 4 is 23.6 Å². The van der Waals surface area contributed by atoms with E-state index < -0.39 is 0 Å². The molecular weight excluding hydrogens is 393 g/mol. The zero-order valence-corrected chi connectivity index (χ0v) is 17.3. The van der Waals surface area contributed by atoms with E-state index in [1.165, 1.54) is 24.3 Å². The number of nitrogens with one attached hydrogen (secondary N) is 1. The third-order valence-corrected chi connectivity index (χ3v) is 5.22. The maximum atomic E-state index is 13.1. The molecule has 29 heavy (non-hydrogen) atoms. The summed E-state index contributed by atoms with van der Waals surface area (Å²) >= 11 is 6.20. The highest BCUT2D eigenvalue weighted by molar-refractivity contribution is 6.30. The van der Waals surface area contributed by atoms with Crippen molar-refractivity contribution in [2.24, 2.45) is 0 Å². The summed E-state index contributed by atoms with van der Waals surface area (Å²) in [6.07, 6.45) is 7.20. The molecule has 1 aliphatic rings. The number of hydrogen-bond acceptors (Lipinski definition) is 4. The predicted octanol–water partition coefficient (Wildman–Crippen LogP) is 4.18. The number of amides is 1. The van der Waals surface area contributed by atoms with Crippen LogP contribution in [0.25, 0.3) is 6.08 Å². The highest BCUT2D eigenvalue weighted by Crippen LogP contribution is 2.27. The largest absolute Gasteiger partial charge is 0.485 e. The molecule has 154 valence electrons. The van der Waals surface area contributed by atoms with Gasteiger partial charge in [-0.05, 0) is 56.3 Å². The second kappa shape index (κ2) is 9.85. The summed E-state index contributed by atoms with van der Waals surface area (Å²) in [6.45, 7) is 3.14. The maximum absolute atomic E-state index is 13.1. The van der Waals surface area contributed by atoms with Gasteiger partial charge in [0.2, 0.25) is 0 Å². The second-order valence-electron chi connectivity index (χ2n) is 7.17. The Morgan fingerprint density at radius 2 is 2.21 bits per heavy atom. The fourth-order valence-corrected chi connectivity index (χ4v) is 3.25. The first-order valence-electron chi connectivity index (χ1n) is 9.67. The van der Waals surface area contributed by atoms with Crippen molar-refractivity contribution in [2.45, 2.75) is 31.9 Å². The van der Waals surface area contributed by atoms with Gasteiger partial charge in [-0.1, -0.05) is 23.8 Å². The van der Waals surface area contributed by atoms with E-state index in [1.54, 1.807) is 11.1 Å². The molecule has 2 heterocycles. The van der Waals surface area contributed by atoms with E-state index in [2.05, 4.69) is 23.3 Å². The van der Waals surface area contributed by atoms with Crippen LogP contribution in [0.2, 0.25) is 5.15 Å². The number of halogens is 2. The first-order valence-corrected chi connectivity index (χ1v) is 10.0. The Labute approximate surface area is 175 Å². The number of benzene rings is 1. The highest BCUT2D eigenvalue weighted by Gasteiger charge is 2.29. The topological polar surface area (TPSA) is 54.5 Å². The summed E-state index contributed by atoms with van der Waals surface area (Å²) in [7, 11) is 1.93. The Balaban J connectivity index is 1.61. The molecule has 3 rings (SSSR count). The van der Waals surface area contributed by atoms with Gasteiger partial charge in [-0.15, -0.1) is 0 Å². The molecule has 0 aliphatic carbocycles. The Bertz CT molecular complexity index is 873. The Hall–Kier alpha value is -2.44. The number of nitrogens with zero attached hydrogens (tertiary/aromatic N) is 2. The molecule has 1 aromatic heterocycles. The van der Waals surface area contributed by atoms with E-state index in [-0.39, 0.29) is 17.8 Å². The van der Waals surface area contributed by atoms with Crippen LogP contribution in [-0.4, -0.2) is 48.1 Å². The standard InChI is InChI=1S/C22H25ClFN3O2/c1-15(25-2)4-3-5-16-12-20(21(23)26-13-16)29-19-10-11-27(14-19)22(28)17-6-8-18(24)9-7-17/h3,5-9,12-13,15,19,25H,4,10-11,14H2,1-2H3/b5-3+/t15-,19+/m0/s1. The van der Waals surface area contributed by atoms with Gasteiger partial charge in [0, 0.05) is 30.8 Å². The lowest BCUT2D eigenvalue weighted by atomic mass is 10.2. The van der Waals surface area contributed by atoms with Crippen LogP contribution in [0.3, 0.4) is 0 Å². The molecule has 1 saturated heterocycles. The Morgan fingerprint density at radius 1 is 1.45 bits per heavy atom. The Morgan fingerprint density at radius 3 is 2.93 bits per heavy atom. The second-order valence-corrected chi connectivity index (χ2v) is 7.53. The van der Waals surface area contributed by atoms with Crippen LogP contribution in [0.4, 0.5) is 4.39 Å². The fourth-order valence-electron chi connectivity index (χ4n) is 3.11. The minimum absolute atomic E-state index is 0.129. The molecule has 0 saturated carbocycles. The van der Waals surface area contributed by atoms with Crippen LogP contribution in [-0.2, 0) is 0 Å². The van der Waals surface area contributed by atoms with E-state index in [1.807, 2.05) is 19.2 Å². The van der Waals surface area contributed by atoms with Crippen molar-refractivity contribution in [2.75, 3.05) is 20.1 Å². The minimum atomic E-state index is -0.360. The third kappa shape index (κ3) is 5.78. The molecule has 0 radical (unpaired) electrons. The van der Waals surface area contributed by atoms with Crippen molar-refractivity contribution in [1.29, 1.82) is 0 Å². The smallest absolute Gasteiger partial charge is 0.253 e. The van der Waals surface area contributed by atoms with Crippen molar-refractivity contribution in [3.63, 3.8) is 0 Å². The molecule has 1 N–H and O–H groups in total. The van der Waals surface area contributed by atoms with Crippen LogP contribution in [0, 0.1) is 5.82 Å². The monoisotopic (exact) mass is 417 g/mol. The number of carbonyl (C=O) groups is 1. The number of likely N-dealkylation sites (tertiary alicyclic amines) is 1. The van der Waals surface area contributed by atoms with Crippen LogP contribution < -0.4 is 10.1 Å². The molecule has 2 atom stereocenters. The molecule has 2 aromatic rings. The number of aromatic nitrogens is 1. The van der Waals surface area contributed by atoms with Gasteiger partial charge in [-0.25, -0.2) is 9.37 Å². The molecular formula is C22H25ClFN3O2. The molecule has 1 fully saturated rings. The first kappa shape index (κ1) is 21.3. The molecule has 1 aliphatic heterocycles. The fraction of sp³-hybridized carbons (Fsp3) is 0.364. The summed E-state index contributed by atoms with van der Waals surface area (Å²) in [5.41, 5.74) is 1.37. The number of ether oxygens (including phenoxy) is 1. The summed E-state index contributed by atoms with van der Waals surface area (Å²) in [6, 6.07) is 7.83. The van der Waals surface area contributed by atoms with Gasteiger partial charge in [-0.3, -0.25) is 4.79 Å². The zero-order chi connectivity index (χ0) is 20.8. The summed E-state index contributed by atoms with van der Waals surface area (Å²) in [5, 5.41) is 3.48. The number of rotatable bonds is 7. The van der Waals surface area contributed by atoms with Gasteiger partial charge >= 0.3 is 0 Å². The van der Waals surface area contributed by atoms with Gasteiger partial charge in [0.15, 0.2) is 10.9 Å². The van der Waals surface area contributed by atoms with Gasteiger partial charge in [0.1, 0.15) is 11.9 Å². The molecule has 1 aromatic carbocycles. The van der Waals surface area contributed by atoms with Crippen LogP contribution >= 0.6 is 11.6 Å². The molecule has 0 bridgehead atoms. The summed E-state index contributed by atoms with van der Waals surface area (Å²) < 4.78 is 19.1. The first-order chi connectivity index (χ1) is 14.0. The van der Waals surface area contributed by atoms with E-state index >= 15 is 0 Å². The van der Waals surface area contributed by atoms with Gasteiger partial charge < -0.3 is 15.0 Å². The zero-order valence-electron chi connectivity index (χ0n) is 16.6. The third-order valence-electron chi connectivity index (χ3n) is 4.94. The SMILES string of the molecule is CN[C@@H](C)C/C=C/c1cnc(Cl)c(O[C@@H]2CCN(C(=O)c3ccc(F)cc3)C2)c1. The molecule has 0 spiro atoms. The van der Waals surface area contributed by atoms with Crippen LogP contribution in [0.5, 0.6) is 5.75 Å². The quantitative estimate of drug-likeness (QED) is 0.687.